The van der Waals surface area contributed by atoms with Crippen molar-refractivity contribution in [2.24, 2.45) is 0 Å². The largest absolute Gasteiger partial charge is 0.469 e. The number of unbranched alkanes of at least 4 members (excludes halogenated alkanes) is 11. The Kier molecular flexibility index (Phi) is 29.7. The molecule has 1 rings (SSSR count). The minimum atomic E-state index is -4.78. The predicted molar refractivity (Wildman–Crippen MR) is 206 cm³/mol. The highest BCUT2D eigenvalue weighted by Crippen LogP contribution is 2.36. The van der Waals surface area contributed by atoms with Gasteiger partial charge in [-0.05, 0) is 77.0 Å². The van der Waals surface area contributed by atoms with E-state index in [0.29, 0.717) is 31.5 Å². The zero-order valence-corrected chi connectivity index (χ0v) is 32.6. The summed E-state index contributed by atoms with van der Waals surface area (Å²) in [7, 11) is -4.78. The number of esters is 2. The van der Waals surface area contributed by atoms with Crippen LogP contribution < -0.4 is 0 Å². The second kappa shape index (κ2) is 32.4. The van der Waals surface area contributed by atoms with E-state index in [4.69, 9.17) is 24.0 Å². The fraction of sp³-hybridized carbons (Fsp3) is 0.707. The minimum absolute atomic E-state index is 0.128. The number of phosphoric acid groups is 1. The Morgan fingerprint density at radius 2 is 1.16 bits per heavy atom. The molecule has 51 heavy (non-hydrogen) atoms. The molecule has 0 bridgehead atoms. The molecule has 0 aromatic carbocycles. The highest BCUT2D eigenvalue weighted by Gasteiger charge is 2.36. The molecule has 0 aromatic rings. The van der Waals surface area contributed by atoms with E-state index < -0.39 is 32.5 Å². The van der Waals surface area contributed by atoms with Gasteiger partial charge in [0.1, 0.15) is 6.61 Å². The Hall–Kier alpha value is -2.29. The highest BCUT2D eigenvalue weighted by molar-refractivity contribution is 7.46. The first kappa shape index (κ1) is 46.7. The van der Waals surface area contributed by atoms with Crippen LogP contribution in [0, 0.1) is 0 Å². The van der Waals surface area contributed by atoms with Crippen LogP contribution in [0.3, 0.4) is 0 Å². The van der Waals surface area contributed by atoms with Crippen LogP contribution in [0.1, 0.15) is 155 Å². The summed E-state index contributed by atoms with van der Waals surface area (Å²) in [6, 6.07) is 0. The molecule has 10 heteroatoms. The van der Waals surface area contributed by atoms with Crippen LogP contribution in [0.4, 0.5) is 0 Å². The standard InChI is InChI=1S/C41H69O9P/c1-3-5-7-8-9-10-11-12-13-14-15-16-17-18-23-26-30-34-41(43)49-37(36-48-51(44,45)46)35-47-40(42)33-29-25-22-20-19-21-24-28-32-39-38(50-39)31-27-6-4-2/h9-10,12-13,15-16,18,23-24,28,37-39H,3-8,11,14,17,19-22,25-27,29-36H2,1-2H3,(H2,44,45,46)/b10-9-,13-12-,16-15-,23-18-,28-24-/t37-,38?,39?/m1/s1. The lowest BCUT2D eigenvalue weighted by Gasteiger charge is -2.18. The van der Waals surface area contributed by atoms with Crippen molar-refractivity contribution in [1.82, 2.24) is 0 Å². The van der Waals surface area contributed by atoms with E-state index in [1.165, 1.54) is 44.9 Å². The molecule has 0 aliphatic carbocycles. The summed E-state index contributed by atoms with van der Waals surface area (Å²) in [4.78, 5) is 42.8. The number of carbonyl (C=O) groups is 2. The maximum atomic E-state index is 12.4. The first-order chi connectivity index (χ1) is 24.7. The summed E-state index contributed by atoms with van der Waals surface area (Å²) in [6.07, 6.45) is 42.6. The van der Waals surface area contributed by atoms with Gasteiger partial charge in [0.15, 0.2) is 6.10 Å². The van der Waals surface area contributed by atoms with Crippen LogP contribution in [0.5, 0.6) is 0 Å². The molecule has 0 radical (unpaired) electrons. The van der Waals surface area contributed by atoms with Gasteiger partial charge in [0.05, 0.1) is 18.8 Å². The van der Waals surface area contributed by atoms with Gasteiger partial charge in [0, 0.05) is 12.8 Å². The number of carbonyl (C=O) groups excluding carboxylic acids is 2. The van der Waals surface area contributed by atoms with Gasteiger partial charge in [-0.2, -0.15) is 0 Å². The first-order valence-electron chi connectivity index (χ1n) is 19.7. The normalized spacial score (nSPS) is 17.1. The van der Waals surface area contributed by atoms with E-state index in [1.54, 1.807) is 0 Å². The molecule has 1 aliphatic heterocycles. The number of hydrogen-bond acceptors (Lipinski definition) is 7. The van der Waals surface area contributed by atoms with Gasteiger partial charge < -0.3 is 24.0 Å². The maximum Gasteiger partial charge on any atom is 0.469 e. The summed E-state index contributed by atoms with van der Waals surface area (Å²) in [5.74, 6) is -0.977. The molecule has 3 atom stereocenters. The van der Waals surface area contributed by atoms with Crippen molar-refractivity contribution in [1.29, 1.82) is 0 Å². The molecule has 1 heterocycles. The molecule has 9 nitrogen and oxygen atoms in total. The van der Waals surface area contributed by atoms with Crippen LogP contribution in [0.2, 0.25) is 0 Å². The highest BCUT2D eigenvalue weighted by atomic mass is 31.2. The van der Waals surface area contributed by atoms with Crippen LogP contribution in [0.25, 0.3) is 0 Å². The molecule has 1 aliphatic rings. The Balaban J connectivity index is 2.13. The van der Waals surface area contributed by atoms with Gasteiger partial charge in [-0.1, -0.05) is 126 Å². The predicted octanol–water partition coefficient (Wildman–Crippen LogP) is 10.7. The van der Waals surface area contributed by atoms with E-state index in [1.807, 2.05) is 6.08 Å². The van der Waals surface area contributed by atoms with Crippen molar-refractivity contribution >= 4 is 19.8 Å². The van der Waals surface area contributed by atoms with Crippen LogP contribution in [0.15, 0.2) is 60.8 Å². The van der Waals surface area contributed by atoms with Crippen molar-refractivity contribution in [2.75, 3.05) is 13.2 Å². The monoisotopic (exact) mass is 736 g/mol. The third kappa shape index (κ3) is 32.1. The third-order valence-corrected chi connectivity index (χ3v) is 8.92. The quantitative estimate of drug-likeness (QED) is 0.0218. The van der Waals surface area contributed by atoms with Crippen LogP contribution in [-0.4, -0.2) is 53.3 Å². The molecular formula is C41H69O9P. The van der Waals surface area contributed by atoms with Gasteiger partial charge in [-0.15, -0.1) is 0 Å². The number of phosphoric ester groups is 1. The fourth-order valence-electron chi connectivity index (χ4n) is 5.37. The van der Waals surface area contributed by atoms with Crippen LogP contribution >= 0.6 is 7.82 Å². The van der Waals surface area contributed by atoms with Crippen molar-refractivity contribution in [3.8, 4) is 0 Å². The number of rotatable bonds is 34. The van der Waals surface area contributed by atoms with Gasteiger partial charge >= 0.3 is 19.8 Å². The van der Waals surface area contributed by atoms with E-state index >= 15 is 0 Å². The smallest absolute Gasteiger partial charge is 0.462 e. The van der Waals surface area contributed by atoms with E-state index in [-0.39, 0.29) is 19.4 Å². The third-order valence-electron chi connectivity index (χ3n) is 8.43. The van der Waals surface area contributed by atoms with E-state index in [2.05, 4.69) is 73.1 Å². The van der Waals surface area contributed by atoms with Crippen LogP contribution in [-0.2, 0) is 32.9 Å². The molecule has 292 valence electrons. The van der Waals surface area contributed by atoms with Gasteiger partial charge in [-0.25, -0.2) is 4.57 Å². The van der Waals surface area contributed by atoms with Crippen molar-refractivity contribution in [3.05, 3.63) is 60.8 Å². The van der Waals surface area contributed by atoms with E-state index in [0.717, 1.165) is 64.2 Å². The summed E-state index contributed by atoms with van der Waals surface area (Å²) >= 11 is 0. The lowest BCUT2D eigenvalue weighted by molar-refractivity contribution is -0.161. The summed E-state index contributed by atoms with van der Waals surface area (Å²) in [6.45, 7) is 3.55. The Labute approximate surface area is 309 Å². The second-order valence-corrected chi connectivity index (χ2v) is 14.5. The summed E-state index contributed by atoms with van der Waals surface area (Å²) in [5.41, 5.74) is 0. The zero-order chi connectivity index (χ0) is 37.3. The lowest BCUT2D eigenvalue weighted by Crippen LogP contribution is -2.29. The number of ether oxygens (including phenoxy) is 3. The molecule has 0 aromatic heterocycles. The first-order valence-corrected chi connectivity index (χ1v) is 21.2. The minimum Gasteiger partial charge on any atom is -0.462 e. The summed E-state index contributed by atoms with van der Waals surface area (Å²) in [5, 5.41) is 0. The number of epoxide rings is 1. The molecule has 1 saturated heterocycles. The zero-order valence-electron chi connectivity index (χ0n) is 31.7. The number of allylic oxidation sites excluding steroid dienone is 9. The number of hydrogen-bond donors (Lipinski definition) is 2. The average molecular weight is 737 g/mol. The van der Waals surface area contributed by atoms with Crippen molar-refractivity contribution in [3.63, 3.8) is 0 Å². The van der Waals surface area contributed by atoms with E-state index in [9.17, 15) is 14.2 Å². The van der Waals surface area contributed by atoms with Crippen molar-refractivity contribution in [2.45, 2.75) is 173 Å². The Bertz CT molecular complexity index is 1080. The summed E-state index contributed by atoms with van der Waals surface area (Å²) < 4.78 is 32.0. The SMILES string of the molecule is CCCCC/C=C\C/C=C\C/C=C\C/C=C\CCCC(=O)O[C@H](COC(=O)CCCCCCC/C=C\CC1OC1CCCCC)COP(=O)(O)O. The van der Waals surface area contributed by atoms with Gasteiger partial charge in [0.2, 0.25) is 0 Å². The molecule has 2 unspecified atom stereocenters. The van der Waals surface area contributed by atoms with Gasteiger partial charge in [0.25, 0.3) is 0 Å². The second-order valence-electron chi connectivity index (χ2n) is 13.3. The topological polar surface area (TPSA) is 132 Å². The maximum absolute atomic E-state index is 12.4. The molecule has 0 amide bonds. The van der Waals surface area contributed by atoms with Gasteiger partial charge in [-0.3, -0.25) is 14.1 Å². The fourth-order valence-corrected chi connectivity index (χ4v) is 5.73. The molecule has 2 N–H and O–H groups in total. The Morgan fingerprint density at radius 1 is 0.627 bits per heavy atom. The molecular weight excluding hydrogens is 667 g/mol. The Morgan fingerprint density at radius 3 is 1.80 bits per heavy atom. The molecule has 1 fully saturated rings. The lowest BCUT2D eigenvalue weighted by atomic mass is 10.1. The molecule has 0 saturated carbocycles. The van der Waals surface area contributed by atoms with Crippen molar-refractivity contribution < 1.29 is 42.7 Å². The average Bonchev–Trinajstić information content (AvgIpc) is 3.85. The molecule has 0 spiro atoms.